The summed E-state index contributed by atoms with van der Waals surface area (Å²) in [6, 6.07) is 0. The van der Waals surface area contributed by atoms with Crippen molar-refractivity contribution in [3.8, 4) is 0 Å². The number of methoxy groups -OCH3 is 1. The van der Waals surface area contributed by atoms with Crippen LogP contribution in [-0.2, 0) is 9.53 Å². The van der Waals surface area contributed by atoms with Crippen LogP contribution in [0.3, 0.4) is 0 Å². The van der Waals surface area contributed by atoms with Crippen LogP contribution in [0.2, 0.25) is 0 Å². The molecule has 7 nitrogen and oxygen atoms in total. The maximum Gasteiger partial charge on any atom is 0.335 e. The molecule has 0 rings (SSSR count). The van der Waals surface area contributed by atoms with Gasteiger partial charge in [0.05, 0.1) is 6.61 Å². The second-order valence-electron chi connectivity index (χ2n) is 2.72. The van der Waals surface area contributed by atoms with Gasteiger partial charge in [0.15, 0.2) is 6.10 Å². The number of carbonyl (C=O) groups is 1. The zero-order valence-corrected chi connectivity index (χ0v) is 7.57. The van der Waals surface area contributed by atoms with Gasteiger partial charge >= 0.3 is 5.97 Å². The number of rotatable bonds is 6. The molecule has 0 aromatic heterocycles. The molecule has 14 heavy (non-hydrogen) atoms. The van der Waals surface area contributed by atoms with E-state index in [9.17, 15) is 9.90 Å². The summed E-state index contributed by atoms with van der Waals surface area (Å²) in [5.41, 5.74) is 0. The van der Waals surface area contributed by atoms with E-state index in [1.54, 1.807) is 0 Å². The third-order valence-electron chi connectivity index (χ3n) is 1.75. The van der Waals surface area contributed by atoms with Gasteiger partial charge in [0.2, 0.25) is 0 Å². The lowest BCUT2D eigenvalue weighted by atomic mass is 10.0. The van der Waals surface area contributed by atoms with Crippen molar-refractivity contribution in [3.05, 3.63) is 0 Å². The van der Waals surface area contributed by atoms with Gasteiger partial charge in [-0.15, -0.1) is 0 Å². The van der Waals surface area contributed by atoms with Gasteiger partial charge in [-0.05, 0) is 0 Å². The van der Waals surface area contributed by atoms with Gasteiger partial charge in [-0.1, -0.05) is 0 Å². The summed E-state index contributed by atoms with van der Waals surface area (Å²) in [5, 5.41) is 44.1. The average Bonchev–Trinajstić information content (AvgIpc) is 2.17. The van der Waals surface area contributed by atoms with Crippen LogP contribution < -0.4 is 0 Å². The zero-order valence-electron chi connectivity index (χ0n) is 7.57. The molecule has 0 radical (unpaired) electrons. The summed E-state index contributed by atoms with van der Waals surface area (Å²) in [7, 11) is 1.07. The van der Waals surface area contributed by atoms with E-state index in [1.165, 1.54) is 0 Å². The van der Waals surface area contributed by atoms with Gasteiger partial charge in [-0.25, -0.2) is 4.79 Å². The molecule has 0 heterocycles. The first kappa shape index (κ1) is 13.3. The smallest absolute Gasteiger partial charge is 0.335 e. The number of aliphatic hydroxyl groups excluding tert-OH is 4. The van der Waals surface area contributed by atoms with Gasteiger partial charge in [0, 0.05) is 7.11 Å². The van der Waals surface area contributed by atoms with Crippen molar-refractivity contribution < 1.29 is 35.1 Å². The third-order valence-corrected chi connectivity index (χ3v) is 1.75. The average molecular weight is 210 g/mol. The highest BCUT2D eigenvalue weighted by Gasteiger charge is 2.35. The van der Waals surface area contributed by atoms with Crippen LogP contribution in [0.4, 0.5) is 0 Å². The van der Waals surface area contributed by atoms with Crippen molar-refractivity contribution in [2.75, 3.05) is 13.7 Å². The number of aliphatic carboxylic acids is 1. The van der Waals surface area contributed by atoms with Crippen LogP contribution in [0.15, 0.2) is 0 Å². The summed E-state index contributed by atoms with van der Waals surface area (Å²) in [4.78, 5) is 10.3. The minimum Gasteiger partial charge on any atom is -0.479 e. The van der Waals surface area contributed by atoms with Crippen LogP contribution in [0, 0.1) is 0 Å². The van der Waals surface area contributed by atoms with Crippen molar-refractivity contribution in [2.45, 2.75) is 24.4 Å². The monoisotopic (exact) mass is 210 g/mol. The molecule has 0 fully saturated rings. The number of carboxylic acids is 1. The van der Waals surface area contributed by atoms with E-state index in [0.29, 0.717) is 0 Å². The molecule has 0 aromatic carbocycles. The van der Waals surface area contributed by atoms with Crippen molar-refractivity contribution in [1.82, 2.24) is 0 Å². The molecular formula is C7H14O7. The molecule has 0 aliphatic heterocycles. The molecule has 5 N–H and O–H groups in total. The van der Waals surface area contributed by atoms with Gasteiger partial charge in [-0.2, -0.15) is 0 Å². The highest BCUT2D eigenvalue weighted by atomic mass is 16.5. The normalized spacial score (nSPS) is 19.8. The van der Waals surface area contributed by atoms with Crippen LogP contribution in [0.1, 0.15) is 0 Å². The Hall–Kier alpha value is -0.730. The largest absolute Gasteiger partial charge is 0.479 e. The molecule has 0 spiro atoms. The standard InChI is InChI=1S/C7H14O7/c1-14-6(5(11)7(12)13)4(10)3(9)2-8/h3-6,8-11H,2H2,1H3,(H,12,13)/t3-,4+,5?,6-/m0/s1. The molecule has 0 bridgehead atoms. The minimum atomic E-state index is -1.96. The summed E-state index contributed by atoms with van der Waals surface area (Å²) in [6.45, 7) is -0.757. The number of carboxylic acid groups (broad SMARTS) is 1. The topological polar surface area (TPSA) is 127 Å². The van der Waals surface area contributed by atoms with Gasteiger partial charge in [0.25, 0.3) is 0 Å². The molecule has 1 unspecified atom stereocenters. The van der Waals surface area contributed by atoms with E-state index in [0.717, 1.165) is 7.11 Å². The lowest BCUT2D eigenvalue weighted by Gasteiger charge is -2.26. The molecule has 0 amide bonds. The quantitative estimate of drug-likeness (QED) is 0.319. The molecule has 0 saturated heterocycles. The molecule has 0 saturated carbocycles. The Morgan fingerprint density at radius 3 is 2.14 bits per heavy atom. The lowest BCUT2D eigenvalue weighted by molar-refractivity contribution is -0.168. The fourth-order valence-electron chi connectivity index (χ4n) is 0.923. The number of aliphatic hydroxyl groups is 4. The Labute approximate surface area is 80.2 Å². The van der Waals surface area contributed by atoms with Gasteiger partial charge in [0.1, 0.15) is 18.3 Å². The van der Waals surface area contributed by atoms with E-state index in [2.05, 4.69) is 4.74 Å². The first-order valence-corrected chi connectivity index (χ1v) is 3.86. The molecular weight excluding hydrogens is 196 g/mol. The molecule has 0 aliphatic rings. The maximum absolute atomic E-state index is 10.3. The van der Waals surface area contributed by atoms with Crippen molar-refractivity contribution in [1.29, 1.82) is 0 Å². The fraction of sp³-hybridized carbons (Fsp3) is 0.857. The van der Waals surface area contributed by atoms with Gasteiger partial charge < -0.3 is 30.3 Å². The van der Waals surface area contributed by atoms with Crippen LogP contribution in [-0.4, -0.2) is 69.6 Å². The SMILES string of the molecule is CO[C@H](C(O)C(=O)O)[C@H](O)[C@@H](O)CO. The number of hydrogen-bond donors (Lipinski definition) is 5. The molecule has 84 valence electrons. The number of ether oxygens (including phenoxy) is 1. The predicted octanol–water partition coefficient (Wildman–Crippen LogP) is -2.84. The van der Waals surface area contributed by atoms with Gasteiger partial charge in [-0.3, -0.25) is 0 Å². The van der Waals surface area contributed by atoms with Crippen molar-refractivity contribution >= 4 is 5.97 Å². The van der Waals surface area contributed by atoms with Crippen molar-refractivity contribution in [3.63, 3.8) is 0 Å². The number of hydrogen-bond acceptors (Lipinski definition) is 6. The van der Waals surface area contributed by atoms with E-state index >= 15 is 0 Å². The van der Waals surface area contributed by atoms with E-state index in [-0.39, 0.29) is 0 Å². The summed E-state index contributed by atoms with van der Waals surface area (Å²) in [6.07, 6.45) is -6.68. The highest BCUT2D eigenvalue weighted by molar-refractivity contribution is 5.72. The zero-order chi connectivity index (χ0) is 11.3. The Morgan fingerprint density at radius 1 is 1.36 bits per heavy atom. The highest BCUT2D eigenvalue weighted by Crippen LogP contribution is 2.08. The van der Waals surface area contributed by atoms with Crippen LogP contribution in [0.25, 0.3) is 0 Å². The Kier molecular flexibility index (Phi) is 5.58. The summed E-state index contributed by atoms with van der Waals surface area (Å²) >= 11 is 0. The third kappa shape index (κ3) is 3.20. The molecule has 0 aliphatic carbocycles. The van der Waals surface area contributed by atoms with Crippen molar-refractivity contribution in [2.24, 2.45) is 0 Å². The molecule has 7 heteroatoms. The maximum atomic E-state index is 10.3. The van der Waals surface area contributed by atoms with E-state index in [1.807, 2.05) is 0 Å². The van der Waals surface area contributed by atoms with E-state index in [4.69, 9.17) is 20.4 Å². The Balaban J connectivity index is 4.46. The van der Waals surface area contributed by atoms with Crippen LogP contribution >= 0.6 is 0 Å². The second-order valence-corrected chi connectivity index (χ2v) is 2.72. The van der Waals surface area contributed by atoms with Crippen LogP contribution in [0.5, 0.6) is 0 Å². The Morgan fingerprint density at radius 2 is 1.86 bits per heavy atom. The minimum absolute atomic E-state index is 0.757. The lowest BCUT2D eigenvalue weighted by Crippen LogP contribution is -2.49. The first-order chi connectivity index (χ1) is 6.45. The van der Waals surface area contributed by atoms with E-state index < -0.39 is 37.0 Å². The second kappa shape index (κ2) is 5.89. The fourth-order valence-corrected chi connectivity index (χ4v) is 0.923. The predicted molar refractivity (Wildman–Crippen MR) is 43.5 cm³/mol. The first-order valence-electron chi connectivity index (χ1n) is 3.86. The summed E-state index contributed by atoms with van der Waals surface area (Å²) in [5.74, 6) is -1.58. The molecule has 0 aromatic rings. The summed E-state index contributed by atoms with van der Waals surface area (Å²) < 4.78 is 4.51. The molecule has 4 atom stereocenters. The Bertz CT molecular complexity index is 183.